The van der Waals surface area contributed by atoms with Crippen molar-refractivity contribution in [3.63, 3.8) is 0 Å². The number of hydrogen-bond donors (Lipinski definition) is 1. The van der Waals surface area contributed by atoms with Crippen molar-refractivity contribution in [1.29, 1.82) is 5.26 Å². The molecular weight excluding hydrogens is 224 g/mol. The van der Waals surface area contributed by atoms with Crippen LogP contribution in [0.1, 0.15) is 36.3 Å². The number of nitrogens with zero attached hydrogens (tertiary/aromatic N) is 3. The molecule has 1 atom stereocenters. The number of benzene rings is 1. The van der Waals surface area contributed by atoms with Crippen LogP contribution in [0.5, 0.6) is 0 Å². The molecule has 0 amide bonds. The quantitative estimate of drug-likeness (QED) is 0.899. The minimum atomic E-state index is -0.119. The highest BCUT2D eigenvalue weighted by Crippen LogP contribution is 2.24. The van der Waals surface area contributed by atoms with Gasteiger partial charge in [0.25, 0.3) is 0 Å². The molecule has 0 fully saturated rings. The van der Waals surface area contributed by atoms with Gasteiger partial charge in [-0.2, -0.15) is 5.26 Å². The summed E-state index contributed by atoms with van der Waals surface area (Å²) >= 11 is 0. The summed E-state index contributed by atoms with van der Waals surface area (Å²) in [7, 11) is 0. The molecule has 2 rings (SSSR count). The first kappa shape index (κ1) is 12.6. The summed E-state index contributed by atoms with van der Waals surface area (Å²) in [6.07, 6.45) is 0.812. The molecule has 0 aliphatic rings. The number of hydrogen-bond acceptors (Lipinski definition) is 3. The summed E-state index contributed by atoms with van der Waals surface area (Å²) in [6, 6.07) is 6.21. The molecule has 1 aromatic carbocycles. The van der Waals surface area contributed by atoms with E-state index in [0.29, 0.717) is 6.54 Å². The van der Waals surface area contributed by atoms with E-state index in [1.165, 1.54) is 11.1 Å². The first-order valence-corrected chi connectivity index (χ1v) is 6.18. The number of aryl methyl sites for hydroxylation is 2. The van der Waals surface area contributed by atoms with E-state index in [-0.39, 0.29) is 6.04 Å². The Bertz CT molecular complexity index is 619. The largest absolute Gasteiger partial charge is 0.321 e. The van der Waals surface area contributed by atoms with Gasteiger partial charge in [0.1, 0.15) is 12.4 Å². The lowest BCUT2D eigenvalue weighted by molar-refractivity contribution is 0.611. The van der Waals surface area contributed by atoms with Gasteiger partial charge in [-0.25, -0.2) is 4.98 Å². The predicted octanol–water partition coefficient (Wildman–Crippen LogP) is 2.59. The molecule has 1 unspecified atom stereocenters. The smallest absolute Gasteiger partial charge is 0.127 e. The molecule has 0 saturated carbocycles. The van der Waals surface area contributed by atoms with E-state index in [4.69, 9.17) is 11.0 Å². The maximum absolute atomic E-state index is 8.96. The van der Waals surface area contributed by atoms with E-state index >= 15 is 0 Å². The van der Waals surface area contributed by atoms with Gasteiger partial charge in [0.15, 0.2) is 0 Å². The molecule has 18 heavy (non-hydrogen) atoms. The van der Waals surface area contributed by atoms with Gasteiger partial charge in [-0.3, -0.25) is 0 Å². The van der Waals surface area contributed by atoms with Gasteiger partial charge in [-0.1, -0.05) is 6.92 Å². The van der Waals surface area contributed by atoms with Gasteiger partial charge >= 0.3 is 0 Å². The second kappa shape index (κ2) is 4.79. The van der Waals surface area contributed by atoms with Crippen molar-refractivity contribution in [1.82, 2.24) is 9.55 Å². The lowest BCUT2D eigenvalue weighted by Gasteiger charge is -2.10. The van der Waals surface area contributed by atoms with Crippen LogP contribution in [0.2, 0.25) is 0 Å². The molecule has 0 bridgehead atoms. The van der Waals surface area contributed by atoms with Crippen LogP contribution in [-0.2, 0) is 6.54 Å². The number of fused-ring (bicyclic) bond motifs is 1. The zero-order valence-corrected chi connectivity index (χ0v) is 11.1. The molecule has 0 radical (unpaired) electrons. The van der Waals surface area contributed by atoms with Crippen LogP contribution in [0.15, 0.2) is 12.1 Å². The molecule has 0 aliphatic heterocycles. The normalized spacial score (nSPS) is 12.6. The molecule has 2 N–H and O–H groups in total. The van der Waals surface area contributed by atoms with Crippen molar-refractivity contribution in [2.75, 3.05) is 0 Å². The van der Waals surface area contributed by atoms with Crippen LogP contribution in [0.25, 0.3) is 11.0 Å². The first-order chi connectivity index (χ1) is 8.58. The molecule has 2 aromatic rings. The minimum absolute atomic E-state index is 0.119. The van der Waals surface area contributed by atoms with Gasteiger partial charge in [0.05, 0.1) is 23.1 Å². The summed E-state index contributed by atoms with van der Waals surface area (Å²) in [6.45, 7) is 6.45. The van der Waals surface area contributed by atoms with E-state index in [0.717, 1.165) is 23.3 Å². The van der Waals surface area contributed by atoms with Crippen LogP contribution in [0.3, 0.4) is 0 Å². The van der Waals surface area contributed by atoms with Gasteiger partial charge in [0.2, 0.25) is 0 Å². The van der Waals surface area contributed by atoms with E-state index < -0.39 is 0 Å². The zero-order chi connectivity index (χ0) is 13.3. The Labute approximate surface area is 107 Å². The predicted molar refractivity (Wildman–Crippen MR) is 72.0 cm³/mol. The SMILES string of the molecule is CCC(N)c1nc2cc(C)c(C)cc2n1CC#N. The Balaban J connectivity index is 2.72. The second-order valence-electron chi connectivity index (χ2n) is 4.65. The van der Waals surface area contributed by atoms with Gasteiger partial charge < -0.3 is 10.3 Å². The fourth-order valence-corrected chi connectivity index (χ4v) is 2.10. The summed E-state index contributed by atoms with van der Waals surface area (Å²) in [5.74, 6) is 0.805. The maximum atomic E-state index is 8.96. The highest BCUT2D eigenvalue weighted by Gasteiger charge is 2.16. The Morgan fingerprint density at radius 2 is 2.06 bits per heavy atom. The number of nitrogens with two attached hydrogens (primary N) is 1. The third kappa shape index (κ3) is 1.98. The molecule has 0 spiro atoms. The molecule has 4 heteroatoms. The lowest BCUT2D eigenvalue weighted by Crippen LogP contribution is -2.15. The van der Waals surface area contributed by atoms with Gasteiger partial charge in [0, 0.05) is 0 Å². The van der Waals surface area contributed by atoms with E-state index in [9.17, 15) is 0 Å². The summed E-state index contributed by atoms with van der Waals surface area (Å²) in [5, 5.41) is 8.96. The lowest BCUT2D eigenvalue weighted by atomic mass is 10.1. The van der Waals surface area contributed by atoms with Crippen LogP contribution in [-0.4, -0.2) is 9.55 Å². The number of rotatable bonds is 3. The first-order valence-electron chi connectivity index (χ1n) is 6.18. The Morgan fingerprint density at radius 3 is 2.67 bits per heavy atom. The van der Waals surface area contributed by atoms with Crippen molar-refractivity contribution >= 4 is 11.0 Å². The number of nitriles is 1. The Morgan fingerprint density at radius 1 is 1.39 bits per heavy atom. The fourth-order valence-electron chi connectivity index (χ4n) is 2.10. The van der Waals surface area contributed by atoms with E-state index in [1.807, 2.05) is 11.5 Å². The number of imidazole rings is 1. The summed E-state index contributed by atoms with van der Waals surface area (Å²) < 4.78 is 1.93. The van der Waals surface area contributed by atoms with Crippen LogP contribution < -0.4 is 5.73 Å². The highest BCUT2D eigenvalue weighted by atomic mass is 15.1. The van der Waals surface area contributed by atoms with Crippen molar-refractivity contribution in [2.24, 2.45) is 5.73 Å². The van der Waals surface area contributed by atoms with Crippen molar-refractivity contribution in [3.05, 3.63) is 29.1 Å². The van der Waals surface area contributed by atoms with E-state index in [1.54, 1.807) is 0 Å². The van der Waals surface area contributed by atoms with Crippen LogP contribution >= 0.6 is 0 Å². The molecule has 94 valence electrons. The monoisotopic (exact) mass is 242 g/mol. The topological polar surface area (TPSA) is 67.6 Å². The molecule has 0 saturated heterocycles. The maximum Gasteiger partial charge on any atom is 0.127 e. The number of aromatic nitrogens is 2. The van der Waals surface area contributed by atoms with Crippen molar-refractivity contribution in [2.45, 2.75) is 39.8 Å². The average Bonchev–Trinajstić information content (AvgIpc) is 2.68. The highest BCUT2D eigenvalue weighted by molar-refractivity contribution is 5.78. The average molecular weight is 242 g/mol. The standard InChI is InChI=1S/C14H18N4/c1-4-11(16)14-17-12-7-9(2)10(3)8-13(12)18(14)6-5-15/h7-8,11H,4,6,16H2,1-3H3. The third-order valence-electron chi connectivity index (χ3n) is 3.39. The molecule has 1 heterocycles. The summed E-state index contributed by atoms with van der Waals surface area (Å²) in [5.41, 5.74) is 10.4. The summed E-state index contributed by atoms with van der Waals surface area (Å²) in [4.78, 5) is 4.59. The zero-order valence-electron chi connectivity index (χ0n) is 11.1. The van der Waals surface area contributed by atoms with Gasteiger partial charge in [-0.05, 0) is 43.5 Å². The van der Waals surface area contributed by atoms with Gasteiger partial charge in [-0.15, -0.1) is 0 Å². The van der Waals surface area contributed by atoms with E-state index in [2.05, 4.69) is 37.0 Å². The Hall–Kier alpha value is -1.86. The van der Waals surface area contributed by atoms with Crippen LogP contribution in [0, 0.1) is 25.2 Å². The third-order valence-corrected chi connectivity index (χ3v) is 3.39. The molecule has 0 aliphatic carbocycles. The van der Waals surface area contributed by atoms with Crippen LogP contribution in [0.4, 0.5) is 0 Å². The fraction of sp³-hybridized carbons (Fsp3) is 0.429. The Kier molecular flexibility index (Phi) is 3.35. The second-order valence-corrected chi connectivity index (χ2v) is 4.65. The van der Waals surface area contributed by atoms with Crippen molar-refractivity contribution in [3.8, 4) is 6.07 Å². The molecule has 1 aromatic heterocycles. The minimum Gasteiger partial charge on any atom is -0.321 e. The van der Waals surface area contributed by atoms with Crippen molar-refractivity contribution < 1.29 is 0 Å². The molecule has 4 nitrogen and oxygen atoms in total. The molecular formula is C14H18N4.